The van der Waals surface area contributed by atoms with E-state index < -0.39 is 0 Å². The van der Waals surface area contributed by atoms with Crippen molar-refractivity contribution in [2.45, 2.75) is 46.7 Å². The van der Waals surface area contributed by atoms with Crippen LogP contribution in [0.5, 0.6) is 0 Å². The highest BCUT2D eigenvalue weighted by molar-refractivity contribution is 9.10. The van der Waals surface area contributed by atoms with Crippen LogP contribution in [-0.2, 0) is 13.0 Å². The predicted octanol–water partition coefficient (Wildman–Crippen LogP) is 5.03. The van der Waals surface area contributed by atoms with Gasteiger partial charge in [-0.15, -0.1) is 0 Å². The summed E-state index contributed by atoms with van der Waals surface area (Å²) < 4.78 is 20.9. The Kier molecular flexibility index (Phi) is 4.86. The highest BCUT2D eigenvalue weighted by Gasteiger charge is 2.20. The van der Waals surface area contributed by atoms with Crippen LogP contribution in [0.15, 0.2) is 21.0 Å². The topological polar surface area (TPSA) is 25.2 Å². The van der Waals surface area contributed by atoms with Gasteiger partial charge in [0.15, 0.2) is 5.58 Å². The SMILES string of the molecule is CC(C)Cc1c(CNC(C)C)oc2c(Br)ccc(F)c12. The minimum atomic E-state index is -0.210. The van der Waals surface area contributed by atoms with Crippen LogP contribution in [0.4, 0.5) is 4.39 Å². The van der Waals surface area contributed by atoms with E-state index in [0.29, 0.717) is 29.5 Å². The van der Waals surface area contributed by atoms with Crippen molar-refractivity contribution in [1.82, 2.24) is 5.32 Å². The van der Waals surface area contributed by atoms with E-state index in [1.165, 1.54) is 6.07 Å². The van der Waals surface area contributed by atoms with Gasteiger partial charge in [0.2, 0.25) is 0 Å². The lowest BCUT2D eigenvalue weighted by Gasteiger charge is -2.09. The molecule has 0 radical (unpaired) electrons. The molecule has 0 saturated heterocycles. The van der Waals surface area contributed by atoms with Crippen molar-refractivity contribution in [1.29, 1.82) is 0 Å². The average molecular weight is 342 g/mol. The van der Waals surface area contributed by atoms with E-state index >= 15 is 0 Å². The first-order valence-electron chi connectivity index (χ1n) is 7.01. The van der Waals surface area contributed by atoms with Gasteiger partial charge in [0, 0.05) is 11.6 Å². The van der Waals surface area contributed by atoms with Gasteiger partial charge in [-0.2, -0.15) is 0 Å². The summed E-state index contributed by atoms with van der Waals surface area (Å²) in [5, 5.41) is 3.96. The van der Waals surface area contributed by atoms with E-state index in [1.807, 2.05) is 0 Å². The van der Waals surface area contributed by atoms with Gasteiger partial charge in [0.05, 0.1) is 16.4 Å². The Labute approximate surface area is 127 Å². The molecule has 0 fully saturated rings. The summed E-state index contributed by atoms with van der Waals surface area (Å²) in [6.45, 7) is 9.06. The van der Waals surface area contributed by atoms with Gasteiger partial charge in [-0.1, -0.05) is 27.7 Å². The first kappa shape index (κ1) is 15.5. The number of fused-ring (bicyclic) bond motifs is 1. The van der Waals surface area contributed by atoms with Gasteiger partial charge in [0.25, 0.3) is 0 Å². The Balaban J connectivity index is 2.54. The van der Waals surface area contributed by atoms with Gasteiger partial charge in [-0.05, 0) is 40.4 Å². The lowest BCUT2D eigenvalue weighted by atomic mass is 9.99. The summed E-state index contributed by atoms with van der Waals surface area (Å²) in [7, 11) is 0. The minimum Gasteiger partial charge on any atom is -0.458 e. The van der Waals surface area contributed by atoms with Gasteiger partial charge in [0.1, 0.15) is 11.6 Å². The van der Waals surface area contributed by atoms with Crippen molar-refractivity contribution in [2.24, 2.45) is 5.92 Å². The highest BCUT2D eigenvalue weighted by atomic mass is 79.9. The predicted molar refractivity (Wildman–Crippen MR) is 84.4 cm³/mol. The molecule has 0 aliphatic carbocycles. The van der Waals surface area contributed by atoms with Crippen molar-refractivity contribution in [3.63, 3.8) is 0 Å². The van der Waals surface area contributed by atoms with Crippen LogP contribution in [0.2, 0.25) is 0 Å². The quantitative estimate of drug-likeness (QED) is 0.824. The molecule has 0 amide bonds. The van der Waals surface area contributed by atoms with E-state index in [4.69, 9.17) is 4.42 Å². The summed E-state index contributed by atoms with van der Waals surface area (Å²) in [6, 6.07) is 3.55. The molecular formula is C16H21BrFNO. The van der Waals surface area contributed by atoms with Crippen molar-refractivity contribution >= 4 is 26.9 Å². The monoisotopic (exact) mass is 341 g/mol. The number of hydrogen-bond acceptors (Lipinski definition) is 2. The molecule has 0 unspecified atom stereocenters. The van der Waals surface area contributed by atoms with E-state index in [0.717, 1.165) is 22.2 Å². The van der Waals surface area contributed by atoms with E-state index in [9.17, 15) is 4.39 Å². The minimum absolute atomic E-state index is 0.210. The molecule has 20 heavy (non-hydrogen) atoms. The van der Waals surface area contributed by atoms with E-state index in [-0.39, 0.29) is 5.82 Å². The normalized spacial score (nSPS) is 12.0. The Bertz CT molecular complexity index is 604. The molecule has 2 aromatic rings. The second kappa shape index (κ2) is 6.27. The molecule has 0 spiro atoms. The Morgan fingerprint density at radius 3 is 2.55 bits per heavy atom. The number of rotatable bonds is 5. The highest BCUT2D eigenvalue weighted by Crippen LogP contribution is 2.34. The zero-order valence-electron chi connectivity index (χ0n) is 12.4. The fraction of sp³-hybridized carbons (Fsp3) is 0.500. The van der Waals surface area contributed by atoms with Crippen LogP contribution in [0, 0.1) is 11.7 Å². The standard InChI is InChI=1S/C16H21BrFNO/c1-9(2)7-11-14(8-19-10(3)4)20-16-12(17)5-6-13(18)15(11)16/h5-6,9-10,19H,7-8H2,1-4H3. The largest absolute Gasteiger partial charge is 0.458 e. The lowest BCUT2D eigenvalue weighted by Crippen LogP contribution is -2.22. The molecule has 2 rings (SSSR count). The number of benzene rings is 1. The van der Waals surface area contributed by atoms with Crippen LogP contribution >= 0.6 is 15.9 Å². The lowest BCUT2D eigenvalue weighted by molar-refractivity contribution is 0.478. The smallest absolute Gasteiger partial charge is 0.151 e. The van der Waals surface area contributed by atoms with Crippen molar-refractivity contribution in [2.75, 3.05) is 0 Å². The molecule has 1 aromatic carbocycles. The van der Waals surface area contributed by atoms with E-state index in [2.05, 4.69) is 48.9 Å². The van der Waals surface area contributed by atoms with Crippen LogP contribution < -0.4 is 5.32 Å². The van der Waals surface area contributed by atoms with Crippen molar-refractivity contribution in [3.8, 4) is 0 Å². The first-order valence-corrected chi connectivity index (χ1v) is 7.81. The van der Waals surface area contributed by atoms with Crippen LogP contribution in [-0.4, -0.2) is 6.04 Å². The third kappa shape index (κ3) is 3.23. The second-order valence-corrected chi connectivity index (χ2v) is 6.73. The van der Waals surface area contributed by atoms with Gasteiger partial charge >= 0.3 is 0 Å². The van der Waals surface area contributed by atoms with Gasteiger partial charge in [-0.3, -0.25) is 0 Å². The number of nitrogens with one attached hydrogen (secondary N) is 1. The Hall–Kier alpha value is -0.870. The maximum Gasteiger partial charge on any atom is 0.151 e. The molecule has 1 N–H and O–H groups in total. The van der Waals surface area contributed by atoms with Crippen LogP contribution in [0.25, 0.3) is 11.0 Å². The van der Waals surface area contributed by atoms with Crippen molar-refractivity contribution < 1.29 is 8.81 Å². The molecule has 0 saturated carbocycles. The van der Waals surface area contributed by atoms with Gasteiger partial charge < -0.3 is 9.73 Å². The molecule has 0 bridgehead atoms. The zero-order chi connectivity index (χ0) is 14.9. The molecule has 1 heterocycles. The van der Waals surface area contributed by atoms with Crippen LogP contribution in [0.1, 0.15) is 39.0 Å². The summed E-state index contributed by atoms with van der Waals surface area (Å²) >= 11 is 3.44. The molecule has 110 valence electrons. The summed E-state index contributed by atoms with van der Waals surface area (Å²) in [5.74, 6) is 1.08. The number of halogens is 2. The molecule has 4 heteroatoms. The fourth-order valence-corrected chi connectivity index (χ4v) is 2.71. The fourth-order valence-electron chi connectivity index (χ4n) is 2.30. The molecule has 0 aliphatic heterocycles. The molecule has 2 nitrogen and oxygen atoms in total. The third-order valence-electron chi connectivity index (χ3n) is 3.21. The first-order chi connectivity index (χ1) is 9.40. The molecule has 1 aromatic heterocycles. The molecule has 0 aliphatic rings. The maximum atomic E-state index is 14.2. The Morgan fingerprint density at radius 2 is 1.95 bits per heavy atom. The van der Waals surface area contributed by atoms with Crippen molar-refractivity contribution in [3.05, 3.63) is 33.7 Å². The molecule has 0 atom stereocenters. The van der Waals surface area contributed by atoms with E-state index in [1.54, 1.807) is 6.07 Å². The van der Waals surface area contributed by atoms with Gasteiger partial charge in [-0.25, -0.2) is 4.39 Å². The third-order valence-corrected chi connectivity index (χ3v) is 3.83. The number of hydrogen-bond donors (Lipinski definition) is 1. The summed E-state index contributed by atoms with van der Waals surface area (Å²) in [5.41, 5.74) is 1.60. The second-order valence-electron chi connectivity index (χ2n) is 5.87. The maximum absolute atomic E-state index is 14.2. The number of furan rings is 1. The zero-order valence-corrected chi connectivity index (χ0v) is 14.0. The molecular weight excluding hydrogens is 321 g/mol. The van der Waals surface area contributed by atoms with Crippen LogP contribution in [0.3, 0.4) is 0 Å². The Morgan fingerprint density at radius 1 is 1.25 bits per heavy atom. The summed E-state index contributed by atoms with van der Waals surface area (Å²) in [4.78, 5) is 0. The summed E-state index contributed by atoms with van der Waals surface area (Å²) in [6.07, 6.45) is 0.815. The average Bonchev–Trinajstić information content (AvgIpc) is 2.71.